The van der Waals surface area contributed by atoms with Crippen LogP contribution in [0.3, 0.4) is 0 Å². The van der Waals surface area contributed by atoms with Gasteiger partial charge in [0.25, 0.3) is 5.91 Å². The number of thiazole rings is 1. The van der Waals surface area contributed by atoms with Gasteiger partial charge in [0.1, 0.15) is 16.5 Å². The van der Waals surface area contributed by atoms with Gasteiger partial charge < -0.3 is 15.4 Å². The summed E-state index contributed by atoms with van der Waals surface area (Å²) in [5.74, 6) is 1.22. The van der Waals surface area contributed by atoms with Gasteiger partial charge in [-0.15, -0.1) is 11.3 Å². The highest BCUT2D eigenvalue weighted by molar-refractivity contribution is 7.13. The van der Waals surface area contributed by atoms with Crippen LogP contribution in [0.1, 0.15) is 37.2 Å². The van der Waals surface area contributed by atoms with Crippen molar-refractivity contribution in [3.63, 3.8) is 0 Å². The first-order valence-electron chi connectivity index (χ1n) is 8.87. The molecule has 2 N–H and O–H groups in total. The maximum Gasteiger partial charge on any atom is 0.271 e. The Morgan fingerprint density at radius 2 is 2.20 bits per heavy atom. The lowest BCUT2D eigenvalue weighted by Gasteiger charge is -2.29. The molecule has 0 aliphatic carbocycles. The van der Waals surface area contributed by atoms with Crippen LogP contribution in [0.2, 0.25) is 0 Å². The van der Waals surface area contributed by atoms with Crippen LogP contribution < -0.4 is 15.4 Å². The van der Waals surface area contributed by atoms with Crippen molar-refractivity contribution in [3.8, 4) is 16.3 Å². The third-order valence-electron chi connectivity index (χ3n) is 4.41. The molecular formula is C19H25N3O2S. The van der Waals surface area contributed by atoms with Crippen LogP contribution in [0.5, 0.6) is 5.75 Å². The smallest absolute Gasteiger partial charge is 0.271 e. The standard InChI is InChI=1S/C19H25N3O2S/c1-3-10-24-15-6-4-14(5-7-15)19-22-17(12-25-19)18(23)21-16-8-9-20-11-13(16)2/h4-7,12-13,16,20H,3,8-11H2,1-2H3,(H,21,23). The van der Waals surface area contributed by atoms with Gasteiger partial charge in [0.2, 0.25) is 0 Å². The van der Waals surface area contributed by atoms with Crippen molar-refractivity contribution in [3.05, 3.63) is 35.3 Å². The van der Waals surface area contributed by atoms with E-state index in [1.54, 1.807) is 0 Å². The average Bonchev–Trinajstić information content (AvgIpc) is 3.12. The summed E-state index contributed by atoms with van der Waals surface area (Å²) in [6.45, 7) is 6.85. The van der Waals surface area contributed by atoms with E-state index in [0.29, 0.717) is 11.6 Å². The molecule has 2 aromatic rings. The van der Waals surface area contributed by atoms with Crippen molar-refractivity contribution in [1.29, 1.82) is 0 Å². The Balaban J connectivity index is 1.64. The molecule has 2 heterocycles. The van der Waals surface area contributed by atoms with Crippen molar-refractivity contribution in [2.24, 2.45) is 5.92 Å². The summed E-state index contributed by atoms with van der Waals surface area (Å²) in [5, 5.41) is 9.16. The van der Waals surface area contributed by atoms with Gasteiger partial charge >= 0.3 is 0 Å². The summed E-state index contributed by atoms with van der Waals surface area (Å²) in [6.07, 6.45) is 1.95. The number of rotatable bonds is 6. The molecule has 0 spiro atoms. The van der Waals surface area contributed by atoms with Gasteiger partial charge in [0, 0.05) is 17.0 Å². The lowest BCUT2D eigenvalue weighted by Crippen LogP contribution is -2.48. The van der Waals surface area contributed by atoms with Crippen LogP contribution >= 0.6 is 11.3 Å². The maximum absolute atomic E-state index is 12.5. The number of aromatic nitrogens is 1. The molecule has 1 amide bonds. The van der Waals surface area contributed by atoms with Crippen molar-refractivity contribution >= 4 is 17.2 Å². The van der Waals surface area contributed by atoms with E-state index in [-0.39, 0.29) is 11.9 Å². The molecule has 0 bridgehead atoms. The van der Waals surface area contributed by atoms with Crippen molar-refractivity contribution in [1.82, 2.24) is 15.6 Å². The number of nitrogens with zero attached hydrogens (tertiary/aromatic N) is 1. The quantitative estimate of drug-likeness (QED) is 0.830. The minimum absolute atomic E-state index is 0.0795. The topological polar surface area (TPSA) is 63.2 Å². The van der Waals surface area contributed by atoms with E-state index in [9.17, 15) is 4.79 Å². The van der Waals surface area contributed by atoms with Crippen LogP contribution in [0.4, 0.5) is 0 Å². The first-order chi connectivity index (χ1) is 12.2. The molecule has 1 aliphatic rings. The van der Waals surface area contributed by atoms with Gasteiger partial charge in [-0.2, -0.15) is 0 Å². The fraction of sp³-hybridized carbons (Fsp3) is 0.474. The molecule has 0 saturated carbocycles. The maximum atomic E-state index is 12.5. The first-order valence-corrected chi connectivity index (χ1v) is 9.75. The summed E-state index contributed by atoms with van der Waals surface area (Å²) in [6, 6.07) is 8.08. The largest absolute Gasteiger partial charge is 0.494 e. The van der Waals surface area contributed by atoms with Crippen LogP contribution in [0.25, 0.3) is 10.6 Å². The zero-order valence-electron chi connectivity index (χ0n) is 14.7. The molecule has 3 rings (SSSR count). The van der Waals surface area contributed by atoms with Crippen LogP contribution in [0.15, 0.2) is 29.6 Å². The predicted octanol–water partition coefficient (Wildman–Crippen LogP) is 3.33. The second-order valence-electron chi connectivity index (χ2n) is 6.46. The average molecular weight is 359 g/mol. The lowest BCUT2D eigenvalue weighted by atomic mass is 9.95. The predicted molar refractivity (Wildman–Crippen MR) is 101 cm³/mol. The summed E-state index contributed by atoms with van der Waals surface area (Å²) < 4.78 is 5.60. The number of nitrogens with one attached hydrogen (secondary N) is 2. The Hall–Kier alpha value is -1.92. The van der Waals surface area contributed by atoms with E-state index in [0.717, 1.165) is 48.9 Å². The highest BCUT2D eigenvalue weighted by atomic mass is 32.1. The second kappa shape index (κ2) is 8.45. The summed E-state index contributed by atoms with van der Waals surface area (Å²) in [5.41, 5.74) is 1.50. The van der Waals surface area contributed by atoms with E-state index in [2.05, 4.69) is 29.5 Å². The highest BCUT2D eigenvalue weighted by Crippen LogP contribution is 2.26. The molecule has 0 radical (unpaired) electrons. The number of benzene rings is 1. The Morgan fingerprint density at radius 1 is 1.40 bits per heavy atom. The lowest BCUT2D eigenvalue weighted by molar-refractivity contribution is 0.0910. The number of amides is 1. The third kappa shape index (κ3) is 4.58. The molecular weight excluding hydrogens is 334 g/mol. The molecule has 1 fully saturated rings. The van der Waals surface area contributed by atoms with Crippen LogP contribution in [0, 0.1) is 5.92 Å². The summed E-state index contributed by atoms with van der Waals surface area (Å²) in [7, 11) is 0. The Morgan fingerprint density at radius 3 is 2.92 bits per heavy atom. The van der Waals surface area contributed by atoms with Gasteiger partial charge in [0.05, 0.1) is 6.61 Å². The van der Waals surface area contributed by atoms with Crippen molar-refractivity contribution in [2.45, 2.75) is 32.7 Å². The zero-order chi connectivity index (χ0) is 17.6. The normalized spacial score (nSPS) is 20.2. The number of carbonyl (C=O) groups excluding carboxylic acids is 1. The monoisotopic (exact) mass is 359 g/mol. The molecule has 1 aromatic heterocycles. The molecule has 5 nitrogen and oxygen atoms in total. The fourth-order valence-electron chi connectivity index (χ4n) is 2.90. The van der Waals surface area contributed by atoms with E-state index >= 15 is 0 Å². The van der Waals surface area contributed by atoms with E-state index < -0.39 is 0 Å². The van der Waals surface area contributed by atoms with Gasteiger partial charge in [0.15, 0.2) is 0 Å². The summed E-state index contributed by atoms with van der Waals surface area (Å²) >= 11 is 1.49. The molecule has 6 heteroatoms. The van der Waals surface area contributed by atoms with Gasteiger partial charge in [-0.05, 0) is 56.1 Å². The van der Waals surface area contributed by atoms with E-state index in [1.807, 2.05) is 29.6 Å². The summed E-state index contributed by atoms with van der Waals surface area (Å²) in [4.78, 5) is 17.0. The molecule has 2 unspecified atom stereocenters. The molecule has 1 aliphatic heterocycles. The minimum Gasteiger partial charge on any atom is -0.494 e. The number of carbonyl (C=O) groups is 1. The van der Waals surface area contributed by atoms with Gasteiger partial charge in [-0.3, -0.25) is 4.79 Å². The first kappa shape index (κ1) is 17.9. The molecule has 134 valence electrons. The van der Waals surface area contributed by atoms with Crippen LogP contribution in [-0.4, -0.2) is 36.6 Å². The second-order valence-corrected chi connectivity index (χ2v) is 7.32. The number of ether oxygens (including phenoxy) is 1. The van der Waals surface area contributed by atoms with Gasteiger partial charge in [-0.1, -0.05) is 13.8 Å². The third-order valence-corrected chi connectivity index (χ3v) is 5.30. The van der Waals surface area contributed by atoms with Crippen molar-refractivity contribution in [2.75, 3.05) is 19.7 Å². The van der Waals surface area contributed by atoms with E-state index in [4.69, 9.17) is 4.74 Å². The van der Waals surface area contributed by atoms with Gasteiger partial charge in [-0.25, -0.2) is 4.98 Å². The fourth-order valence-corrected chi connectivity index (χ4v) is 3.70. The number of piperidine rings is 1. The Bertz CT molecular complexity index is 699. The SMILES string of the molecule is CCCOc1ccc(-c2nc(C(=O)NC3CCNCC3C)cs2)cc1. The van der Waals surface area contributed by atoms with Crippen LogP contribution in [-0.2, 0) is 0 Å². The number of hydrogen-bond acceptors (Lipinski definition) is 5. The highest BCUT2D eigenvalue weighted by Gasteiger charge is 2.24. The molecule has 25 heavy (non-hydrogen) atoms. The zero-order valence-corrected chi connectivity index (χ0v) is 15.6. The molecule has 2 atom stereocenters. The van der Waals surface area contributed by atoms with E-state index in [1.165, 1.54) is 11.3 Å². The Labute approximate surface area is 152 Å². The molecule has 1 saturated heterocycles. The number of hydrogen-bond donors (Lipinski definition) is 2. The van der Waals surface area contributed by atoms with Crippen molar-refractivity contribution < 1.29 is 9.53 Å². The molecule has 1 aromatic carbocycles. The minimum atomic E-state index is -0.0795. The Kier molecular flexibility index (Phi) is 6.04.